The third kappa shape index (κ3) is 2.47. The molecule has 1 aliphatic rings. The van der Waals surface area contributed by atoms with Crippen molar-refractivity contribution in [3.63, 3.8) is 0 Å². The minimum Gasteiger partial charge on any atom is -0.338 e. The summed E-state index contributed by atoms with van der Waals surface area (Å²) in [4.78, 5) is 3.99. The number of nitrogens with zero attached hydrogens (tertiary/aromatic N) is 2. The average Bonchev–Trinajstić information content (AvgIpc) is 2.82. The van der Waals surface area contributed by atoms with Crippen LogP contribution in [-0.4, -0.2) is 18.6 Å². The van der Waals surface area contributed by atoms with E-state index in [1.807, 2.05) is 24.3 Å². The van der Waals surface area contributed by atoms with Crippen LogP contribution < -0.4 is 0 Å². The minimum atomic E-state index is -3.33. The number of hydrogen-bond donors (Lipinski definition) is 0. The number of fused-ring (bicyclic) bond motifs is 1. The van der Waals surface area contributed by atoms with E-state index < -0.39 is 15.1 Å². The van der Waals surface area contributed by atoms with Crippen molar-refractivity contribution in [1.82, 2.24) is 10.1 Å². The molecule has 6 heteroatoms. The van der Waals surface area contributed by atoms with E-state index >= 15 is 0 Å². The Kier molecular flexibility index (Phi) is 3.33. The fourth-order valence-corrected chi connectivity index (χ4v) is 4.56. The Morgan fingerprint density at radius 1 is 1.35 bits per heavy atom. The summed E-state index contributed by atoms with van der Waals surface area (Å²) in [6.45, 7) is 1.68. The van der Waals surface area contributed by atoms with Gasteiger partial charge < -0.3 is 4.52 Å². The Morgan fingerprint density at radius 2 is 2.15 bits per heavy atom. The van der Waals surface area contributed by atoms with Crippen LogP contribution in [0.1, 0.15) is 40.9 Å². The lowest BCUT2D eigenvalue weighted by atomic mass is 9.91. The lowest BCUT2D eigenvalue weighted by Crippen LogP contribution is -2.20. The second kappa shape index (κ2) is 5.01. The van der Waals surface area contributed by atoms with Crippen molar-refractivity contribution in [3.8, 4) is 0 Å². The predicted molar refractivity (Wildman–Crippen MR) is 73.8 cm³/mol. The summed E-state index contributed by atoms with van der Waals surface area (Å²) in [5.74, 6) is 0.442. The summed E-state index contributed by atoms with van der Waals surface area (Å²) in [5.41, 5.74) is 2.06. The zero-order chi connectivity index (χ0) is 14.2. The van der Waals surface area contributed by atoms with Gasteiger partial charge in [0.15, 0.2) is 15.7 Å². The largest absolute Gasteiger partial charge is 0.338 e. The van der Waals surface area contributed by atoms with Crippen molar-refractivity contribution in [2.75, 3.05) is 0 Å². The van der Waals surface area contributed by atoms with Gasteiger partial charge in [-0.25, -0.2) is 8.42 Å². The van der Waals surface area contributed by atoms with Gasteiger partial charge in [-0.05, 0) is 37.3 Å². The van der Waals surface area contributed by atoms with E-state index in [2.05, 4.69) is 10.1 Å². The number of aromatic nitrogens is 2. The molecule has 0 radical (unpaired) electrons. The van der Waals surface area contributed by atoms with Gasteiger partial charge in [-0.2, -0.15) is 4.98 Å². The highest BCUT2D eigenvalue weighted by Crippen LogP contribution is 2.36. The summed E-state index contributed by atoms with van der Waals surface area (Å²) in [5, 5.41) is 3.18. The van der Waals surface area contributed by atoms with Crippen LogP contribution in [0.4, 0.5) is 0 Å². The van der Waals surface area contributed by atoms with Crippen LogP contribution in [0.3, 0.4) is 0 Å². The highest BCUT2D eigenvalue weighted by Gasteiger charge is 2.32. The molecule has 1 aromatic carbocycles. The van der Waals surface area contributed by atoms with Crippen molar-refractivity contribution in [2.24, 2.45) is 0 Å². The van der Waals surface area contributed by atoms with Gasteiger partial charge in [0.25, 0.3) is 0 Å². The van der Waals surface area contributed by atoms with Crippen molar-refractivity contribution in [2.45, 2.75) is 37.2 Å². The third-order valence-corrected chi connectivity index (χ3v) is 5.65. The molecule has 0 amide bonds. The fraction of sp³-hybridized carbons (Fsp3) is 0.429. The van der Waals surface area contributed by atoms with Crippen LogP contribution in [0.15, 0.2) is 28.8 Å². The maximum atomic E-state index is 12.6. The first kappa shape index (κ1) is 13.3. The first-order valence-corrected chi connectivity index (χ1v) is 8.36. The zero-order valence-corrected chi connectivity index (χ0v) is 12.1. The van der Waals surface area contributed by atoms with E-state index in [0.717, 1.165) is 24.0 Å². The predicted octanol–water partition coefficient (Wildman–Crippen LogP) is 2.37. The van der Waals surface area contributed by atoms with Crippen molar-refractivity contribution in [3.05, 3.63) is 47.1 Å². The Morgan fingerprint density at radius 3 is 2.90 bits per heavy atom. The van der Waals surface area contributed by atoms with Crippen molar-refractivity contribution < 1.29 is 12.9 Å². The van der Waals surface area contributed by atoms with Gasteiger partial charge in [0.2, 0.25) is 5.89 Å². The van der Waals surface area contributed by atoms with Gasteiger partial charge in [-0.15, -0.1) is 0 Å². The molecule has 2 aromatic rings. The smallest absolute Gasteiger partial charge is 0.241 e. The van der Waals surface area contributed by atoms with Crippen LogP contribution in [-0.2, 0) is 22.0 Å². The highest BCUT2D eigenvalue weighted by atomic mass is 32.2. The van der Waals surface area contributed by atoms with E-state index in [4.69, 9.17) is 4.52 Å². The maximum Gasteiger partial charge on any atom is 0.241 e. The molecule has 1 aliphatic carbocycles. The van der Waals surface area contributed by atoms with E-state index in [1.54, 1.807) is 6.92 Å². The van der Waals surface area contributed by atoms with E-state index in [1.165, 1.54) is 0 Å². The summed E-state index contributed by atoms with van der Waals surface area (Å²) in [6.07, 6.45) is 2.50. The normalized spacial score (nSPS) is 18.8. The van der Waals surface area contributed by atoms with Gasteiger partial charge >= 0.3 is 0 Å². The Hall–Kier alpha value is -1.69. The second-order valence-corrected chi connectivity index (χ2v) is 7.31. The topological polar surface area (TPSA) is 73.1 Å². The summed E-state index contributed by atoms with van der Waals surface area (Å²) in [7, 11) is -3.33. The third-order valence-electron chi connectivity index (χ3n) is 3.64. The number of benzene rings is 1. The number of rotatable bonds is 3. The van der Waals surface area contributed by atoms with Crippen LogP contribution in [0.2, 0.25) is 0 Å². The maximum absolute atomic E-state index is 12.6. The van der Waals surface area contributed by atoms with Gasteiger partial charge in [0, 0.05) is 0 Å². The molecule has 106 valence electrons. The highest BCUT2D eigenvalue weighted by molar-refractivity contribution is 7.90. The van der Waals surface area contributed by atoms with Crippen LogP contribution in [0, 0.1) is 6.92 Å². The van der Waals surface area contributed by atoms with Crippen LogP contribution in [0.5, 0.6) is 0 Å². The van der Waals surface area contributed by atoms with E-state index in [9.17, 15) is 8.42 Å². The molecule has 0 N–H and O–H groups in total. The molecule has 0 bridgehead atoms. The number of hydrogen-bond acceptors (Lipinski definition) is 5. The Bertz CT molecular complexity index is 722. The van der Waals surface area contributed by atoms with Crippen LogP contribution in [0.25, 0.3) is 0 Å². The molecule has 0 saturated carbocycles. The van der Waals surface area contributed by atoms with Gasteiger partial charge in [0.05, 0.1) is 5.25 Å². The van der Waals surface area contributed by atoms with E-state index in [-0.39, 0.29) is 11.6 Å². The lowest BCUT2D eigenvalue weighted by Gasteiger charge is -2.24. The minimum absolute atomic E-state index is 0.172. The second-order valence-electron chi connectivity index (χ2n) is 5.12. The summed E-state index contributed by atoms with van der Waals surface area (Å²) >= 11 is 0. The molecule has 0 unspecified atom stereocenters. The molecule has 1 heterocycles. The van der Waals surface area contributed by atoms with Crippen molar-refractivity contribution in [1.29, 1.82) is 0 Å². The Labute approximate surface area is 117 Å². The molecule has 1 atom stereocenters. The lowest BCUT2D eigenvalue weighted by molar-refractivity contribution is 0.384. The number of sulfone groups is 1. The average molecular weight is 292 g/mol. The van der Waals surface area contributed by atoms with Crippen LogP contribution >= 0.6 is 0 Å². The first-order chi connectivity index (χ1) is 9.56. The molecule has 5 nitrogen and oxygen atoms in total. The molecule has 0 spiro atoms. The van der Waals surface area contributed by atoms with Gasteiger partial charge in [-0.1, -0.05) is 29.4 Å². The summed E-state index contributed by atoms with van der Waals surface area (Å²) in [6, 6.07) is 7.77. The molecule has 0 aliphatic heterocycles. The van der Waals surface area contributed by atoms with E-state index in [0.29, 0.717) is 12.2 Å². The molecule has 3 rings (SSSR count). The Balaban J connectivity index is 1.92. The fourth-order valence-electron chi connectivity index (χ4n) is 2.75. The zero-order valence-electron chi connectivity index (χ0n) is 11.2. The molecule has 1 aromatic heterocycles. The van der Waals surface area contributed by atoms with Gasteiger partial charge in [-0.3, -0.25) is 0 Å². The molecular formula is C14H16N2O3S. The number of aryl methyl sites for hydroxylation is 2. The molecule has 0 saturated heterocycles. The summed E-state index contributed by atoms with van der Waals surface area (Å²) < 4.78 is 30.1. The first-order valence-electron chi connectivity index (χ1n) is 6.65. The molecular weight excluding hydrogens is 276 g/mol. The molecule has 20 heavy (non-hydrogen) atoms. The van der Waals surface area contributed by atoms with Gasteiger partial charge in [0.1, 0.15) is 5.75 Å². The standard InChI is InChI=1S/C14H16N2O3S/c1-10-15-14(19-16-10)9-20(17,18)13-8-4-6-11-5-2-3-7-12(11)13/h2-3,5,7,13H,4,6,8-9H2,1H3/t13-/m0/s1. The molecule has 0 fully saturated rings. The van der Waals surface area contributed by atoms with Crippen molar-refractivity contribution >= 4 is 9.84 Å². The monoisotopic (exact) mass is 292 g/mol. The SMILES string of the molecule is Cc1noc(CS(=O)(=O)[C@H]2CCCc3ccccc32)n1. The quantitative estimate of drug-likeness (QED) is 0.868.